The number of phenols is 1. The summed E-state index contributed by atoms with van der Waals surface area (Å²) in [5, 5.41) is 8.99. The Labute approximate surface area is 83.6 Å². The number of hydrogen-bond acceptors (Lipinski definition) is 2. The Balaban J connectivity index is 2.70. The van der Waals surface area contributed by atoms with Crippen LogP contribution in [0.4, 0.5) is 4.39 Å². The maximum Gasteiger partial charge on any atom is 0.165 e. The summed E-state index contributed by atoms with van der Waals surface area (Å²) in [4.78, 5) is 0. The molecule has 0 aliphatic rings. The van der Waals surface area contributed by atoms with Gasteiger partial charge < -0.3 is 10.8 Å². The molecule has 0 bridgehead atoms. The van der Waals surface area contributed by atoms with Gasteiger partial charge in [0.15, 0.2) is 11.6 Å². The molecule has 3 N–H and O–H groups in total. The lowest BCUT2D eigenvalue weighted by molar-refractivity contribution is 0.431. The zero-order valence-corrected chi connectivity index (χ0v) is 8.33. The number of rotatable bonds is 4. The van der Waals surface area contributed by atoms with Crippen LogP contribution >= 0.6 is 0 Å². The van der Waals surface area contributed by atoms with Crippen LogP contribution in [0.25, 0.3) is 0 Å². The van der Waals surface area contributed by atoms with E-state index in [9.17, 15) is 4.39 Å². The van der Waals surface area contributed by atoms with Gasteiger partial charge in [-0.3, -0.25) is 0 Å². The van der Waals surface area contributed by atoms with Crippen molar-refractivity contribution in [3.05, 3.63) is 29.6 Å². The molecule has 0 amide bonds. The van der Waals surface area contributed by atoms with E-state index in [-0.39, 0.29) is 11.8 Å². The first kappa shape index (κ1) is 11.0. The molecule has 14 heavy (non-hydrogen) atoms. The molecular weight excluding hydrogens is 181 g/mol. The predicted octanol–water partition coefficient (Wildman–Crippen LogP) is 2.72. The van der Waals surface area contributed by atoms with Gasteiger partial charge in [0, 0.05) is 6.04 Å². The van der Waals surface area contributed by atoms with Crippen molar-refractivity contribution in [3.63, 3.8) is 0 Å². The molecule has 1 atom stereocenters. The van der Waals surface area contributed by atoms with Crippen molar-refractivity contribution >= 4 is 0 Å². The van der Waals surface area contributed by atoms with Crippen molar-refractivity contribution in [3.8, 4) is 5.75 Å². The second-order valence-electron chi connectivity index (χ2n) is 3.46. The summed E-state index contributed by atoms with van der Waals surface area (Å²) in [7, 11) is 0. The van der Waals surface area contributed by atoms with Crippen LogP contribution in [0.1, 0.15) is 37.8 Å². The zero-order chi connectivity index (χ0) is 10.6. The monoisotopic (exact) mass is 197 g/mol. The van der Waals surface area contributed by atoms with Crippen LogP contribution in [0.15, 0.2) is 18.2 Å². The maximum atomic E-state index is 13.0. The third-order valence-corrected chi connectivity index (χ3v) is 2.27. The number of benzene rings is 1. The van der Waals surface area contributed by atoms with Crippen LogP contribution in [0.2, 0.25) is 0 Å². The molecule has 0 saturated carbocycles. The van der Waals surface area contributed by atoms with Gasteiger partial charge in [-0.2, -0.15) is 0 Å². The normalized spacial score (nSPS) is 12.8. The van der Waals surface area contributed by atoms with E-state index in [1.165, 1.54) is 12.1 Å². The van der Waals surface area contributed by atoms with Crippen molar-refractivity contribution in [1.29, 1.82) is 0 Å². The summed E-state index contributed by atoms with van der Waals surface area (Å²) in [6, 6.07) is 4.18. The molecule has 3 heteroatoms. The second-order valence-corrected chi connectivity index (χ2v) is 3.46. The number of aromatic hydroxyl groups is 1. The number of unbranched alkanes of at least 4 members (excludes halogenated alkanes) is 1. The Kier molecular flexibility index (Phi) is 3.89. The molecule has 1 rings (SSSR count). The Morgan fingerprint density at radius 3 is 2.79 bits per heavy atom. The Morgan fingerprint density at radius 1 is 1.50 bits per heavy atom. The smallest absolute Gasteiger partial charge is 0.165 e. The fourth-order valence-corrected chi connectivity index (χ4v) is 1.34. The molecule has 1 aromatic carbocycles. The minimum atomic E-state index is -0.602. The first-order valence-electron chi connectivity index (χ1n) is 4.89. The van der Waals surface area contributed by atoms with Crippen molar-refractivity contribution in [2.24, 2.45) is 5.73 Å². The first-order chi connectivity index (χ1) is 6.65. The standard InChI is InChI=1S/C11H16FNO/c1-2-3-4-10(13)8-5-6-11(14)9(12)7-8/h5-7,10,14H,2-4,13H2,1H3/t10-/m0/s1. The van der Waals surface area contributed by atoms with E-state index < -0.39 is 5.82 Å². The highest BCUT2D eigenvalue weighted by atomic mass is 19.1. The lowest BCUT2D eigenvalue weighted by atomic mass is 10.0. The molecule has 2 nitrogen and oxygen atoms in total. The van der Waals surface area contributed by atoms with Crippen LogP contribution in [0, 0.1) is 5.82 Å². The molecule has 78 valence electrons. The van der Waals surface area contributed by atoms with E-state index in [2.05, 4.69) is 6.92 Å². The minimum absolute atomic E-state index is 0.134. The maximum absolute atomic E-state index is 13.0. The molecule has 0 aromatic heterocycles. The van der Waals surface area contributed by atoms with Crippen LogP contribution < -0.4 is 5.73 Å². The van der Waals surface area contributed by atoms with Gasteiger partial charge in [-0.1, -0.05) is 25.8 Å². The molecule has 0 unspecified atom stereocenters. The number of halogens is 1. The number of nitrogens with two attached hydrogens (primary N) is 1. The van der Waals surface area contributed by atoms with Gasteiger partial charge in [-0.15, -0.1) is 0 Å². The molecular formula is C11H16FNO. The average molecular weight is 197 g/mol. The summed E-state index contributed by atoms with van der Waals surface area (Å²) >= 11 is 0. The largest absolute Gasteiger partial charge is 0.505 e. The van der Waals surface area contributed by atoms with Gasteiger partial charge in [0.05, 0.1) is 0 Å². The van der Waals surface area contributed by atoms with E-state index in [1.54, 1.807) is 6.07 Å². The summed E-state index contributed by atoms with van der Waals surface area (Å²) < 4.78 is 13.0. The van der Waals surface area contributed by atoms with E-state index >= 15 is 0 Å². The summed E-state index contributed by atoms with van der Waals surface area (Å²) in [5.74, 6) is -0.925. The summed E-state index contributed by atoms with van der Waals surface area (Å²) in [6.07, 6.45) is 2.96. The molecule has 0 fully saturated rings. The molecule has 1 aromatic rings. The van der Waals surface area contributed by atoms with Crippen molar-refractivity contribution in [1.82, 2.24) is 0 Å². The predicted molar refractivity (Wildman–Crippen MR) is 54.5 cm³/mol. The van der Waals surface area contributed by atoms with Crippen molar-refractivity contribution < 1.29 is 9.50 Å². The van der Waals surface area contributed by atoms with Crippen molar-refractivity contribution in [2.75, 3.05) is 0 Å². The van der Waals surface area contributed by atoms with E-state index in [4.69, 9.17) is 10.8 Å². The quantitative estimate of drug-likeness (QED) is 0.779. The van der Waals surface area contributed by atoms with Gasteiger partial charge in [-0.25, -0.2) is 4.39 Å². The summed E-state index contributed by atoms with van der Waals surface area (Å²) in [6.45, 7) is 2.09. The highest BCUT2D eigenvalue weighted by molar-refractivity contribution is 5.29. The molecule has 0 aliphatic carbocycles. The number of phenolic OH excluding ortho intramolecular Hbond substituents is 1. The van der Waals surface area contributed by atoms with E-state index in [1.807, 2.05) is 0 Å². The lowest BCUT2D eigenvalue weighted by Crippen LogP contribution is -2.10. The number of hydrogen-bond donors (Lipinski definition) is 2. The third kappa shape index (κ3) is 2.70. The Hall–Kier alpha value is -1.09. The average Bonchev–Trinajstić information content (AvgIpc) is 2.18. The lowest BCUT2D eigenvalue weighted by Gasteiger charge is -2.11. The highest BCUT2D eigenvalue weighted by Crippen LogP contribution is 2.22. The van der Waals surface area contributed by atoms with Crippen LogP contribution in [0.5, 0.6) is 5.75 Å². The first-order valence-corrected chi connectivity index (χ1v) is 4.89. The molecule has 0 saturated heterocycles. The van der Waals surface area contributed by atoms with E-state index in [0.29, 0.717) is 0 Å². The van der Waals surface area contributed by atoms with Gasteiger partial charge in [0.1, 0.15) is 0 Å². The molecule has 0 aliphatic heterocycles. The van der Waals surface area contributed by atoms with Gasteiger partial charge >= 0.3 is 0 Å². The second kappa shape index (κ2) is 4.96. The van der Waals surface area contributed by atoms with E-state index in [0.717, 1.165) is 24.8 Å². The molecule has 0 spiro atoms. The SMILES string of the molecule is CCCC[C@H](N)c1ccc(O)c(F)c1. The van der Waals surface area contributed by atoms with Crippen LogP contribution in [0.3, 0.4) is 0 Å². The van der Waals surface area contributed by atoms with Gasteiger partial charge in [0.2, 0.25) is 0 Å². The fraction of sp³-hybridized carbons (Fsp3) is 0.455. The fourth-order valence-electron chi connectivity index (χ4n) is 1.34. The molecule has 0 radical (unpaired) electrons. The zero-order valence-electron chi connectivity index (χ0n) is 8.33. The van der Waals surface area contributed by atoms with Crippen LogP contribution in [-0.2, 0) is 0 Å². The van der Waals surface area contributed by atoms with Gasteiger partial charge in [0.25, 0.3) is 0 Å². The van der Waals surface area contributed by atoms with Crippen LogP contribution in [-0.4, -0.2) is 5.11 Å². The third-order valence-electron chi connectivity index (χ3n) is 2.27. The molecule has 0 heterocycles. The Bertz CT molecular complexity index is 301. The summed E-state index contributed by atoms with van der Waals surface area (Å²) in [5.41, 5.74) is 6.60. The van der Waals surface area contributed by atoms with Gasteiger partial charge in [-0.05, 0) is 24.1 Å². The van der Waals surface area contributed by atoms with Crippen molar-refractivity contribution in [2.45, 2.75) is 32.2 Å². The Morgan fingerprint density at radius 2 is 2.21 bits per heavy atom. The topological polar surface area (TPSA) is 46.2 Å². The highest BCUT2D eigenvalue weighted by Gasteiger charge is 2.08. The minimum Gasteiger partial charge on any atom is -0.505 e.